The van der Waals surface area contributed by atoms with E-state index in [9.17, 15) is 15.0 Å². The third-order valence-electron chi connectivity index (χ3n) is 4.85. The Labute approximate surface area is 161 Å². The molecule has 4 atom stereocenters. The van der Waals surface area contributed by atoms with E-state index in [2.05, 4.69) is 10.0 Å². The lowest BCUT2D eigenvalue weighted by atomic mass is 9.90. The molecule has 0 saturated carbocycles. The van der Waals surface area contributed by atoms with Gasteiger partial charge in [-0.2, -0.15) is 0 Å². The minimum absolute atomic E-state index is 0.0115. The number of fused-ring (bicyclic) bond motifs is 1. The largest absolute Gasteiger partial charge is 0.507 e. The molecule has 1 saturated heterocycles. The average Bonchev–Trinajstić information content (AvgIpc) is 2.66. The number of phenols is 2. The van der Waals surface area contributed by atoms with Crippen LogP contribution in [-0.4, -0.2) is 41.5 Å². The molecule has 0 amide bonds. The highest BCUT2D eigenvalue weighted by molar-refractivity contribution is 5.98. The highest BCUT2D eigenvalue weighted by atomic mass is 16.6. The van der Waals surface area contributed by atoms with Gasteiger partial charge in [-0.1, -0.05) is 11.2 Å². The maximum absolute atomic E-state index is 11.4. The van der Waals surface area contributed by atoms with Crippen molar-refractivity contribution in [2.24, 2.45) is 5.11 Å². The van der Waals surface area contributed by atoms with Gasteiger partial charge < -0.3 is 24.4 Å². The molecule has 1 heterocycles. The monoisotopic (exact) mass is 387 g/mol. The summed E-state index contributed by atoms with van der Waals surface area (Å²) in [6, 6.07) is 5.56. The fourth-order valence-electron chi connectivity index (χ4n) is 3.67. The van der Waals surface area contributed by atoms with Crippen LogP contribution in [0.4, 0.5) is 0 Å². The van der Waals surface area contributed by atoms with Crippen molar-refractivity contribution in [3.05, 3.63) is 40.3 Å². The van der Waals surface area contributed by atoms with E-state index in [1.54, 1.807) is 19.1 Å². The number of ether oxygens (including phenoxy) is 3. The maximum Gasteiger partial charge on any atom is 0.303 e. The molecule has 28 heavy (non-hydrogen) atoms. The number of aromatic hydroxyl groups is 2. The summed E-state index contributed by atoms with van der Waals surface area (Å²) in [6.07, 6.45) is -1.50. The Kier molecular flexibility index (Phi) is 5.48. The summed E-state index contributed by atoms with van der Waals surface area (Å²) in [4.78, 5) is 14.3. The van der Waals surface area contributed by atoms with Crippen LogP contribution in [-0.2, 0) is 14.3 Å². The van der Waals surface area contributed by atoms with Crippen molar-refractivity contribution in [3.63, 3.8) is 0 Å². The van der Waals surface area contributed by atoms with Crippen LogP contribution in [0.15, 0.2) is 29.4 Å². The second kappa shape index (κ2) is 7.84. The van der Waals surface area contributed by atoms with Crippen LogP contribution < -0.4 is 4.74 Å². The van der Waals surface area contributed by atoms with Crippen LogP contribution in [0.25, 0.3) is 21.2 Å². The second-order valence-corrected chi connectivity index (χ2v) is 6.63. The number of benzene rings is 2. The molecular weight excluding hydrogens is 366 g/mol. The van der Waals surface area contributed by atoms with Gasteiger partial charge in [-0.3, -0.25) is 4.79 Å². The van der Waals surface area contributed by atoms with E-state index < -0.39 is 30.3 Å². The van der Waals surface area contributed by atoms with E-state index >= 15 is 0 Å². The van der Waals surface area contributed by atoms with Crippen LogP contribution in [0, 0.1) is 0 Å². The number of rotatable bonds is 4. The number of esters is 1. The van der Waals surface area contributed by atoms with Gasteiger partial charge in [0, 0.05) is 22.8 Å². The van der Waals surface area contributed by atoms with Crippen molar-refractivity contribution >= 4 is 16.7 Å². The molecule has 1 aliphatic rings. The molecule has 148 valence electrons. The zero-order valence-electron chi connectivity index (χ0n) is 15.7. The quantitative estimate of drug-likeness (QED) is 0.270. The molecule has 0 spiro atoms. The molecule has 9 heteroatoms. The molecule has 1 aliphatic heterocycles. The van der Waals surface area contributed by atoms with Gasteiger partial charge in [-0.15, -0.1) is 0 Å². The summed E-state index contributed by atoms with van der Waals surface area (Å²) < 4.78 is 16.9. The van der Waals surface area contributed by atoms with Gasteiger partial charge in [-0.25, -0.2) is 0 Å². The summed E-state index contributed by atoms with van der Waals surface area (Å²) in [5.74, 6) is -0.161. The SMILES string of the molecule is COc1c([C@H]2C[C@@H](N=[N+]=[N-])[C@H](OC(C)=O)[C@@H](C)O2)ccc2c(O)ccc(O)c12. The van der Waals surface area contributed by atoms with Crippen molar-refractivity contribution < 1.29 is 29.2 Å². The number of nitrogens with zero attached hydrogens (tertiary/aromatic N) is 3. The van der Waals surface area contributed by atoms with Crippen LogP contribution in [0.2, 0.25) is 0 Å². The molecule has 3 rings (SSSR count). The number of carbonyl (C=O) groups excluding carboxylic acids is 1. The molecule has 1 fully saturated rings. The first-order valence-electron chi connectivity index (χ1n) is 8.75. The molecule has 0 aliphatic carbocycles. The van der Waals surface area contributed by atoms with E-state index in [1.807, 2.05) is 0 Å². The Morgan fingerprint density at radius 2 is 2.00 bits per heavy atom. The smallest absolute Gasteiger partial charge is 0.303 e. The van der Waals surface area contributed by atoms with Crippen LogP contribution in [0.1, 0.15) is 31.9 Å². The van der Waals surface area contributed by atoms with E-state index in [-0.39, 0.29) is 17.9 Å². The number of hydrogen-bond donors (Lipinski definition) is 2. The summed E-state index contributed by atoms with van der Waals surface area (Å²) in [6.45, 7) is 3.02. The van der Waals surface area contributed by atoms with Crippen molar-refractivity contribution in [2.45, 2.75) is 44.6 Å². The second-order valence-electron chi connectivity index (χ2n) is 6.63. The Hall–Kier alpha value is -3.16. The van der Waals surface area contributed by atoms with Gasteiger partial charge in [0.05, 0.1) is 30.7 Å². The van der Waals surface area contributed by atoms with Crippen molar-refractivity contribution in [1.29, 1.82) is 0 Å². The Morgan fingerprint density at radius 3 is 2.64 bits per heavy atom. The van der Waals surface area contributed by atoms with Gasteiger partial charge in [0.1, 0.15) is 23.4 Å². The minimum atomic E-state index is -0.700. The van der Waals surface area contributed by atoms with Crippen LogP contribution in [0.3, 0.4) is 0 Å². The maximum atomic E-state index is 11.4. The predicted molar refractivity (Wildman–Crippen MR) is 100 cm³/mol. The molecule has 0 unspecified atom stereocenters. The minimum Gasteiger partial charge on any atom is -0.507 e. The third kappa shape index (κ3) is 3.49. The standard InChI is InChI=1S/C19H21N3O6/c1-9-18(28-10(2)23)13(21-22-20)8-16(27-9)12-5-4-11-14(24)6-7-15(25)17(11)19(12)26-3/h4-7,9,13,16,18,24-25H,8H2,1-3H3/t9-,13-,16-,18-/m1/s1. The van der Waals surface area contributed by atoms with Crippen molar-refractivity contribution in [2.75, 3.05) is 7.11 Å². The molecule has 2 aromatic carbocycles. The molecule has 2 N–H and O–H groups in total. The first-order chi connectivity index (χ1) is 13.4. The molecule has 9 nitrogen and oxygen atoms in total. The lowest BCUT2D eigenvalue weighted by molar-refractivity contribution is -0.171. The first-order valence-corrected chi connectivity index (χ1v) is 8.75. The Balaban J connectivity index is 2.06. The summed E-state index contributed by atoms with van der Waals surface area (Å²) in [5, 5.41) is 25.0. The average molecular weight is 387 g/mol. The lowest BCUT2D eigenvalue weighted by Crippen LogP contribution is -2.45. The zero-order chi connectivity index (χ0) is 20.4. The number of carbonyl (C=O) groups is 1. The molecule has 0 aromatic heterocycles. The fourth-order valence-corrected chi connectivity index (χ4v) is 3.67. The van der Waals surface area contributed by atoms with E-state index in [0.29, 0.717) is 22.1 Å². The Bertz CT molecular complexity index is 956. The summed E-state index contributed by atoms with van der Waals surface area (Å²) in [5.41, 5.74) is 9.54. The Morgan fingerprint density at radius 1 is 1.29 bits per heavy atom. The first kappa shape index (κ1) is 19.6. The van der Waals surface area contributed by atoms with Crippen molar-refractivity contribution in [3.8, 4) is 17.2 Å². The summed E-state index contributed by atoms with van der Waals surface area (Å²) >= 11 is 0. The van der Waals surface area contributed by atoms with Crippen LogP contribution >= 0.6 is 0 Å². The topological polar surface area (TPSA) is 134 Å². The van der Waals surface area contributed by atoms with Gasteiger partial charge in [-0.05, 0) is 37.1 Å². The molecule has 0 bridgehead atoms. The highest BCUT2D eigenvalue weighted by Gasteiger charge is 2.40. The predicted octanol–water partition coefficient (Wildman–Crippen LogP) is 3.72. The molecule has 2 aromatic rings. The van der Waals surface area contributed by atoms with E-state index in [1.165, 1.54) is 26.2 Å². The van der Waals surface area contributed by atoms with Crippen molar-refractivity contribution in [1.82, 2.24) is 0 Å². The summed E-state index contributed by atoms with van der Waals surface area (Å²) in [7, 11) is 1.46. The van der Waals surface area contributed by atoms with E-state index in [4.69, 9.17) is 19.7 Å². The normalized spacial score (nSPS) is 24.4. The zero-order valence-corrected chi connectivity index (χ0v) is 15.7. The fraction of sp³-hybridized carbons (Fsp3) is 0.421. The molecule has 0 radical (unpaired) electrons. The number of azide groups is 1. The third-order valence-corrected chi connectivity index (χ3v) is 4.85. The van der Waals surface area contributed by atoms with Gasteiger partial charge >= 0.3 is 5.97 Å². The number of phenolic OH excluding ortho intramolecular Hbond substituents is 2. The number of hydrogen-bond acceptors (Lipinski definition) is 7. The van der Waals surface area contributed by atoms with Gasteiger partial charge in [0.2, 0.25) is 0 Å². The van der Waals surface area contributed by atoms with E-state index in [0.717, 1.165) is 0 Å². The number of methoxy groups -OCH3 is 1. The highest BCUT2D eigenvalue weighted by Crippen LogP contribution is 2.45. The van der Waals surface area contributed by atoms with Gasteiger partial charge in [0.15, 0.2) is 0 Å². The van der Waals surface area contributed by atoms with Crippen LogP contribution in [0.5, 0.6) is 17.2 Å². The molecular formula is C19H21N3O6. The van der Waals surface area contributed by atoms with Gasteiger partial charge in [0.25, 0.3) is 0 Å². The lowest BCUT2D eigenvalue weighted by Gasteiger charge is -2.38.